The molecule has 0 heterocycles. The lowest BCUT2D eigenvalue weighted by Gasteiger charge is -2.19. The lowest BCUT2D eigenvalue weighted by Crippen LogP contribution is -2.34. The molecule has 0 aromatic carbocycles. The van der Waals surface area contributed by atoms with E-state index in [0.29, 0.717) is 25.7 Å². The van der Waals surface area contributed by atoms with Gasteiger partial charge in [0.15, 0.2) is 0 Å². The second-order valence-electron chi connectivity index (χ2n) is 4.13. The highest BCUT2D eigenvalue weighted by atomic mass is 16.4. The molecule has 1 N–H and O–H groups in total. The molecule has 0 amide bonds. The summed E-state index contributed by atoms with van der Waals surface area (Å²) in [5, 5.41) is 9.14. The molecule has 0 aromatic rings. The van der Waals surface area contributed by atoms with Crippen molar-refractivity contribution in [1.82, 2.24) is 0 Å². The summed E-state index contributed by atoms with van der Waals surface area (Å²) >= 11 is 0. The Labute approximate surface area is 90.2 Å². The third kappa shape index (κ3) is 2.46. The molecule has 0 radical (unpaired) electrons. The number of allylic oxidation sites excluding steroid dienone is 2. The van der Waals surface area contributed by atoms with Crippen molar-refractivity contribution in [1.29, 1.82) is 0 Å². The van der Waals surface area contributed by atoms with Crippen LogP contribution in [-0.2, 0) is 9.59 Å². The summed E-state index contributed by atoms with van der Waals surface area (Å²) in [4.78, 5) is 22.7. The van der Waals surface area contributed by atoms with E-state index in [1.54, 1.807) is 0 Å². The average molecular weight is 210 g/mol. The summed E-state index contributed by atoms with van der Waals surface area (Å²) in [5.41, 5.74) is -1.11. The Bertz CT molecular complexity index is 281. The van der Waals surface area contributed by atoms with Crippen LogP contribution in [0, 0.1) is 5.41 Å². The zero-order chi connectivity index (χ0) is 11.3. The highest BCUT2D eigenvalue weighted by Crippen LogP contribution is 2.38. The van der Waals surface area contributed by atoms with Crippen LogP contribution in [0.1, 0.15) is 45.4 Å². The van der Waals surface area contributed by atoms with Crippen molar-refractivity contribution in [2.45, 2.75) is 45.4 Å². The number of carbonyl (C=O) groups excluding carboxylic acids is 1. The Morgan fingerprint density at radius 2 is 2.27 bits per heavy atom. The summed E-state index contributed by atoms with van der Waals surface area (Å²) < 4.78 is 0. The normalized spacial score (nSPS) is 26.3. The van der Waals surface area contributed by atoms with Gasteiger partial charge in [-0.25, -0.2) is 0 Å². The average Bonchev–Trinajstić information content (AvgIpc) is 2.56. The summed E-state index contributed by atoms with van der Waals surface area (Å²) in [6, 6.07) is 0. The second-order valence-corrected chi connectivity index (χ2v) is 4.13. The minimum absolute atomic E-state index is 0.101. The van der Waals surface area contributed by atoms with Crippen molar-refractivity contribution in [2.75, 3.05) is 0 Å². The summed E-state index contributed by atoms with van der Waals surface area (Å²) in [6.45, 7) is 2.07. The van der Waals surface area contributed by atoms with Crippen molar-refractivity contribution < 1.29 is 14.7 Å². The van der Waals surface area contributed by atoms with Crippen molar-refractivity contribution in [3.63, 3.8) is 0 Å². The van der Waals surface area contributed by atoms with Gasteiger partial charge in [-0.3, -0.25) is 9.59 Å². The van der Waals surface area contributed by atoms with Crippen LogP contribution in [0.5, 0.6) is 0 Å². The number of carboxylic acid groups (broad SMARTS) is 1. The largest absolute Gasteiger partial charge is 0.480 e. The SMILES string of the molecule is CCCC=CCC1(C(=O)O)CCCC1=O. The fourth-order valence-corrected chi connectivity index (χ4v) is 2.03. The third-order valence-electron chi connectivity index (χ3n) is 3.04. The zero-order valence-electron chi connectivity index (χ0n) is 9.16. The predicted octanol–water partition coefficient (Wildman–Crippen LogP) is 2.56. The van der Waals surface area contributed by atoms with E-state index in [1.165, 1.54) is 0 Å². The highest BCUT2D eigenvalue weighted by molar-refractivity contribution is 6.04. The Balaban J connectivity index is 2.67. The molecule has 0 spiro atoms. The molecule has 0 saturated heterocycles. The van der Waals surface area contributed by atoms with E-state index < -0.39 is 11.4 Å². The van der Waals surface area contributed by atoms with E-state index in [0.717, 1.165) is 12.8 Å². The first-order valence-corrected chi connectivity index (χ1v) is 5.55. The van der Waals surface area contributed by atoms with Gasteiger partial charge in [0, 0.05) is 6.42 Å². The van der Waals surface area contributed by atoms with Crippen molar-refractivity contribution >= 4 is 11.8 Å². The van der Waals surface area contributed by atoms with Crippen LogP contribution in [0.25, 0.3) is 0 Å². The fourth-order valence-electron chi connectivity index (χ4n) is 2.03. The molecule has 0 aromatic heterocycles. The molecule has 3 nitrogen and oxygen atoms in total. The number of rotatable bonds is 5. The van der Waals surface area contributed by atoms with Gasteiger partial charge < -0.3 is 5.11 Å². The van der Waals surface area contributed by atoms with Crippen molar-refractivity contribution in [3.8, 4) is 0 Å². The minimum Gasteiger partial charge on any atom is -0.480 e. The van der Waals surface area contributed by atoms with E-state index in [9.17, 15) is 9.59 Å². The van der Waals surface area contributed by atoms with Crippen LogP contribution in [0.3, 0.4) is 0 Å². The maximum atomic E-state index is 11.6. The van der Waals surface area contributed by atoms with E-state index in [1.807, 2.05) is 12.2 Å². The summed E-state index contributed by atoms with van der Waals surface area (Å²) in [5.74, 6) is -1.05. The first kappa shape index (κ1) is 12.0. The fraction of sp³-hybridized carbons (Fsp3) is 0.667. The van der Waals surface area contributed by atoms with E-state index in [-0.39, 0.29) is 5.78 Å². The van der Waals surface area contributed by atoms with Gasteiger partial charge in [-0.05, 0) is 25.7 Å². The third-order valence-corrected chi connectivity index (χ3v) is 3.04. The molecule has 84 valence electrons. The molecule has 1 atom stereocenters. The number of hydrogen-bond donors (Lipinski definition) is 1. The monoisotopic (exact) mass is 210 g/mol. The molecule has 0 aliphatic heterocycles. The second kappa shape index (κ2) is 5.10. The molecule has 1 aliphatic rings. The van der Waals surface area contributed by atoms with Crippen molar-refractivity contribution in [3.05, 3.63) is 12.2 Å². The Hall–Kier alpha value is -1.12. The smallest absolute Gasteiger partial charge is 0.317 e. The summed E-state index contributed by atoms with van der Waals surface area (Å²) in [7, 11) is 0. The molecule has 0 bridgehead atoms. The van der Waals surface area contributed by atoms with E-state index in [2.05, 4.69) is 6.92 Å². The van der Waals surface area contributed by atoms with Crippen LogP contribution in [0.4, 0.5) is 0 Å². The summed E-state index contributed by atoms with van der Waals surface area (Å²) in [6.07, 6.45) is 7.81. The van der Waals surface area contributed by atoms with Gasteiger partial charge in [-0.2, -0.15) is 0 Å². The quantitative estimate of drug-likeness (QED) is 0.560. The molecular weight excluding hydrogens is 192 g/mol. The zero-order valence-corrected chi connectivity index (χ0v) is 9.16. The van der Waals surface area contributed by atoms with Crippen molar-refractivity contribution in [2.24, 2.45) is 5.41 Å². The van der Waals surface area contributed by atoms with Crippen LogP contribution >= 0.6 is 0 Å². The molecule has 15 heavy (non-hydrogen) atoms. The van der Waals surface area contributed by atoms with Crippen LogP contribution in [0.15, 0.2) is 12.2 Å². The van der Waals surface area contributed by atoms with Gasteiger partial charge in [-0.15, -0.1) is 0 Å². The van der Waals surface area contributed by atoms with Crippen LogP contribution in [0.2, 0.25) is 0 Å². The number of ketones is 1. The van der Waals surface area contributed by atoms with E-state index >= 15 is 0 Å². The molecule has 1 saturated carbocycles. The molecule has 3 heteroatoms. The number of aliphatic carboxylic acids is 1. The minimum atomic E-state index is -1.11. The number of hydrogen-bond acceptors (Lipinski definition) is 2. The highest BCUT2D eigenvalue weighted by Gasteiger charge is 2.47. The lowest BCUT2D eigenvalue weighted by atomic mass is 9.82. The van der Waals surface area contributed by atoms with Gasteiger partial charge in [0.2, 0.25) is 0 Å². The first-order valence-electron chi connectivity index (χ1n) is 5.55. The number of carboxylic acids is 1. The maximum Gasteiger partial charge on any atom is 0.317 e. The Morgan fingerprint density at radius 3 is 2.73 bits per heavy atom. The molecular formula is C12H18O3. The van der Waals surface area contributed by atoms with Crippen LogP contribution in [-0.4, -0.2) is 16.9 Å². The Kier molecular flexibility index (Phi) is 4.06. The Morgan fingerprint density at radius 1 is 1.53 bits per heavy atom. The number of unbranched alkanes of at least 4 members (excludes halogenated alkanes) is 1. The van der Waals surface area contributed by atoms with Gasteiger partial charge >= 0.3 is 5.97 Å². The maximum absolute atomic E-state index is 11.6. The molecule has 1 unspecified atom stereocenters. The molecule has 1 rings (SSSR count). The molecule has 1 aliphatic carbocycles. The number of Topliss-reactive ketones (excluding diaryl/α,β-unsaturated/α-hetero) is 1. The van der Waals surface area contributed by atoms with Gasteiger partial charge in [0.25, 0.3) is 0 Å². The lowest BCUT2D eigenvalue weighted by molar-refractivity contribution is -0.153. The van der Waals surface area contributed by atoms with Crippen LogP contribution < -0.4 is 0 Å². The predicted molar refractivity (Wildman–Crippen MR) is 57.6 cm³/mol. The standard InChI is InChI=1S/C12H18O3/c1-2-3-4-5-8-12(11(14)15)9-6-7-10(12)13/h4-5H,2-3,6-9H2,1H3,(H,14,15). The van der Waals surface area contributed by atoms with Gasteiger partial charge in [0.05, 0.1) is 0 Å². The van der Waals surface area contributed by atoms with E-state index in [4.69, 9.17) is 5.11 Å². The number of carbonyl (C=O) groups is 2. The topological polar surface area (TPSA) is 54.4 Å². The molecule has 1 fully saturated rings. The first-order chi connectivity index (χ1) is 7.13. The van der Waals surface area contributed by atoms with Gasteiger partial charge in [-0.1, -0.05) is 25.5 Å². The van der Waals surface area contributed by atoms with Gasteiger partial charge in [0.1, 0.15) is 11.2 Å².